The number of aliphatic hydroxyl groups excluding tert-OH is 3. The number of nitrogens with zero attached hydrogens (tertiary/aromatic N) is 3. The highest BCUT2D eigenvalue weighted by Crippen LogP contribution is 2.42. The van der Waals surface area contributed by atoms with E-state index < -0.39 is 24.4 Å². The number of ether oxygens (including phenoxy) is 2. The smallest absolute Gasteiger partial charge is 0.150 e. The summed E-state index contributed by atoms with van der Waals surface area (Å²) in [4.78, 5) is 4.45. The molecule has 24 heavy (non-hydrogen) atoms. The Labute approximate surface area is 138 Å². The van der Waals surface area contributed by atoms with Gasteiger partial charge in [0.1, 0.15) is 36.4 Å². The maximum atomic E-state index is 10.2. The van der Waals surface area contributed by atoms with Crippen LogP contribution in [0, 0.1) is 0 Å². The topological polar surface area (TPSA) is 111 Å². The normalized spacial score (nSPS) is 33.9. The second kappa shape index (κ2) is 6.43. The molecule has 3 aliphatic heterocycles. The fourth-order valence-corrected chi connectivity index (χ4v) is 3.32. The van der Waals surface area contributed by atoms with Gasteiger partial charge in [-0.05, 0) is 0 Å². The van der Waals surface area contributed by atoms with E-state index in [4.69, 9.17) is 13.9 Å². The first-order valence-corrected chi connectivity index (χ1v) is 8.05. The van der Waals surface area contributed by atoms with Crippen LogP contribution in [0.4, 0.5) is 5.69 Å². The lowest BCUT2D eigenvalue weighted by Crippen LogP contribution is -2.48. The number of fused-ring (bicyclic) bond motifs is 1. The molecule has 0 unspecified atom stereocenters. The van der Waals surface area contributed by atoms with Crippen molar-refractivity contribution in [3.05, 3.63) is 17.6 Å². The van der Waals surface area contributed by atoms with Crippen molar-refractivity contribution in [1.29, 1.82) is 0 Å². The van der Waals surface area contributed by atoms with Gasteiger partial charge in [-0.2, -0.15) is 0 Å². The van der Waals surface area contributed by atoms with E-state index in [9.17, 15) is 15.3 Å². The van der Waals surface area contributed by atoms with Gasteiger partial charge < -0.3 is 29.2 Å². The van der Waals surface area contributed by atoms with Crippen LogP contribution in [0.5, 0.6) is 0 Å². The average molecular weight is 339 g/mol. The fraction of sp³-hybridized carbons (Fsp3) is 0.667. The quantitative estimate of drug-likeness (QED) is 0.653. The monoisotopic (exact) mass is 339 g/mol. The van der Waals surface area contributed by atoms with Gasteiger partial charge >= 0.3 is 0 Å². The van der Waals surface area contributed by atoms with Crippen LogP contribution in [-0.4, -0.2) is 82.9 Å². The molecule has 0 bridgehead atoms. The van der Waals surface area contributed by atoms with Gasteiger partial charge in [0.2, 0.25) is 0 Å². The highest BCUT2D eigenvalue weighted by molar-refractivity contribution is 5.67. The van der Waals surface area contributed by atoms with E-state index in [1.165, 1.54) is 6.26 Å². The van der Waals surface area contributed by atoms with E-state index in [2.05, 4.69) is 10.0 Å². The number of hydrogen-bond donors (Lipinski definition) is 3. The SMILES string of the molecule is OC[C@H]1O[C@@H](c2coc3c2N=CN(N2CCOCC2)C3)[C@H](O)[C@@H]1O. The molecule has 2 saturated heterocycles. The molecule has 0 aliphatic carbocycles. The number of aliphatic imine (C=N–C) groups is 1. The molecule has 4 rings (SSSR count). The average Bonchev–Trinajstić information content (AvgIpc) is 3.17. The number of aliphatic hydroxyl groups is 3. The standard InChI is InChI=1S/C15H21N3O6/c19-6-11-13(20)14(21)15(24-11)9-7-23-10-5-18(8-16-12(9)10)17-1-3-22-4-2-17/h7-8,11,13-15,19-21H,1-6H2/t11-,13-,14-,15+/m1/s1. The minimum absolute atomic E-state index is 0.358. The van der Waals surface area contributed by atoms with Crippen molar-refractivity contribution in [3.8, 4) is 0 Å². The van der Waals surface area contributed by atoms with Crippen molar-refractivity contribution in [2.24, 2.45) is 4.99 Å². The number of furan rings is 1. The maximum Gasteiger partial charge on any atom is 0.150 e. The van der Waals surface area contributed by atoms with Crippen LogP contribution < -0.4 is 0 Å². The van der Waals surface area contributed by atoms with Crippen molar-refractivity contribution in [2.45, 2.75) is 31.0 Å². The second-order valence-electron chi connectivity index (χ2n) is 6.13. The first kappa shape index (κ1) is 16.0. The summed E-state index contributed by atoms with van der Waals surface area (Å²) in [6.45, 7) is 3.14. The molecule has 4 atom stereocenters. The Bertz CT molecular complexity index is 614. The van der Waals surface area contributed by atoms with Gasteiger partial charge in [0, 0.05) is 18.7 Å². The first-order chi connectivity index (χ1) is 11.7. The van der Waals surface area contributed by atoms with Crippen LogP contribution in [0.2, 0.25) is 0 Å². The molecular weight excluding hydrogens is 318 g/mol. The largest absolute Gasteiger partial charge is 0.465 e. The summed E-state index contributed by atoms with van der Waals surface area (Å²) in [5, 5.41) is 33.4. The van der Waals surface area contributed by atoms with Gasteiger partial charge in [-0.15, -0.1) is 0 Å². The predicted molar refractivity (Wildman–Crippen MR) is 81.5 cm³/mol. The number of hydrogen-bond acceptors (Lipinski definition) is 9. The van der Waals surface area contributed by atoms with Gasteiger partial charge in [0.25, 0.3) is 0 Å². The van der Waals surface area contributed by atoms with Crippen molar-refractivity contribution in [3.63, 3.8) is 0 Å². The molecule has 1 aromatic heterocycles. The van der Waals surface area contributed by atoms with E-state index in [1.54, 1.807) is 6.34 Å². The summed E-state index contributed by atoms with van der Waals surface area (Å²) in [5.41, 5.74) is 1.21. The van der Waals surface area contributed by atoms with Crippen molar-refractivity contribution < 1.29 is 29.2 Å². The molecule has 9 heteroatoms. The summed E-state index contributed by atoms with van der Waals surface area (Å²) in [6, 6.07) is 0. The Morgan fingerprint density at radius 2 is 2.00 bits per heavy atom. The third-order valence-electron chi connectivity index (χ3n) is 4.69. The molecule has 0 radical (unpaired) electrons. The summed E-state index contributed by atoms with van der Waals surface area (Å²) < 4.78 is 16.5. The lowest BCUT2D eigenvalue weighted by Gasteiger charge is -2.36. The van der Waals surface area contributed by atoms with Gasteiger partial charge in [-0.3, -0.25) is 5.01 Å². The summed E-state index contributed by atoms with van der Waals surface area (Å²) >= 11 is 0. The zero-order valence-corrected chi connectivity index (χ0v) is 13.1. The van der Waals surface area contributed by atoms with Gasteiger partial charge in [-0.1, -0.05) is 0 Å². The third kappa shape index (κ3) is 2.63. The van der Waals surface area contributed by atoms with Crippen molar-refractivity contribution >= 4 is 12.0 Å². The van der Waals surface area contributed by atoms with E-state index in [0.29, 0.717) is 36.8 Å². The molecule has 3 aliphatic rings. The van der Waals surface area contributed by atoms with Crippen LogP contribution in [0.25, 0.3) is 0 Å². The van der Waals surface area contributed by atoms with Crippen molar-refractivity contribution in [1.82, 2.24) is 10.0 Å². The Morgan fingerprint density at radius 1 is 1.21 bits per heavy atom. The number of morpholine rings is 1. The minimum Gasteiger partial charge on any atom is -0.465 e. The van der Waals surface area contributed by atoms with Gasteiger partial charge in [0.15, 0.2) is 5.76 Å². The highest BCUT2D eigenvalue weighted by Gasteiger charge is 2.45. The molecule has 1 aromatic rings. The predicted octanol–water partition coefficient (Wildman–Crippen LogP) is -0.844. The lowest BCUT2D eigenvalue weighted by molar-refractivity contribution is -0.0540. The zero-order chi connectivity index (χ0) is 16.7. The van der Waals surface area contributed by atoms with E-state index >= 15 is 0 Å². The van der Waals surface area contributed by atoms with Crippen LogP contribution >= 0.6 is 0 Å². The van der Waals surface area contributed by atoms with Crippen molar-refractivity contribution in [2.75, 3.05) is 32.9 Å². The Hall–Kier alpha value is -1.49. The van der Waals surface area contributed by atoms with Crippen LogP contribution in [0.3, 0.4) is 0 Å². The molecule has 9 nitrogen and oxygen atoms in total. The van der Waals surface area contributed by atoms with Crippen LogP contribution in [-0.2, 0) is 16.0 Å². The van der Waals surface area contributed by atoms with Crippen LogP contribution in [0.1, 0.15) is 17.4 Å². The molecule has 0 saturated carbocycles. The Kier molecular flexibility index (Phi) is 4.29. The molecule has 4 heterocycles. The molecular formula is C15H21N3O6. The number of rotatable bonds is 3. The summed E-state index contributed by atoms with van der Waals surface area (Å²) in [6.07, 6.45) is -0.608. The second-order valence-corrected chi connectivity index (χ2v) is 6.13. The Morgan fingerprint density at radius 3 is 2.71 bits per heavy atom. The summed E-state index contributed by atoms with van der Waals surface area (Å²) in [5.74, 6) is 0.678. The molecule has 2 fully saturated rings. The highest BCUT2D eigenvalue weighted by atomic mass is 16.6. The third-order valence-corrected chi connectivity index (χ3v) is 4.69. The maximum absolute atomic E-state index is 10.2. The molecule has 132 valence electrons. The van der Waals surface area contributed by atoms with E-state index in [1.807, 2.05) is 5.01 Å². The van der Waals surface area contributed by atoms with Gasteiger partial charge in [0.05, 0.1) is 32.6 Å². The van der Waals surface area contributed by atoms with Crippen LogP contribution in [0.15, 0.2) is 15.7 Å². The molecule has 0 aromatic carbocycles. The molecule has 0 amide bonds. The van der Waals surface area contributed by atoms with E-state index in [0.717, 1.165) is 13.1 Å². The van der Waals surface area contributed by atoms with Gasteiger partial charge in [-0.25, -0.2) is 10.0 Å². The zero-order valence-electron chi connectivity index (χ0n) is 13.1. The molecule has 3 N–H and O–H groups in total. The summed E-state index contributed by atoms with van der Waals surface area (Å²) in [7, 11) is 0. The first-order valence-electron chi connectivity index (χ1n) is 8.05. The lowest BCUT2D eigenvalue weighted by atomic mass is 10.0. The number of hydrazine groups is 1. The molecule has 0 spiro atoms. The van der Waals surface area contributed by atoms with E-state index in [-0.39, 0.29) is 6.61 Å². The minimum atomic E-state index is -1.14. The fourth-order valence-electron chi connectivity index (χ4n) is 3.32. The Balaban J connectivity index is 1.53.